The van der Waals surface area contributed by atoms with Gasteiger partial charge >= 0.3 is 0 Å². The van der Waals surface area contributed by atoms with Crippen molar-refractivity contribution >= 4 is 0 Å². The Balaban J connectivity index is 4.92. The maximum absolute atomic E-state index is 13.7. The highest BCUT2D eigenvalue weighted by atomic mass is 19.1. The van der Waals surface area contributed by atoms with E-state index in [4.69, 9.17) is 4.74 Å². The first-order valence-corrected chi connectivity index (χ1v) is 5.67. The zero-order valence-corrected chi connectivity index (χ0v) is 10.4. The number of rotatable bonds is 7. The monoisotopic (exact) mass is 233 g/mol. The molecule has 0 bridgehead atoms. The van der Waals surface area contributed by atoms with Crippen LogP contribution in [0, 0.1) is 0 Å². The largest absolute Gasteiger partial charge is 0.498 e. The van der Waals surface area contributed by atoms with Crippen LogP contribution in [-0.2, 0) is 4.74 Å². The van der Waals surface area contributed by atoms with E-state index in [0.29, 0.717) is 25.3 Å². The van der Waals surface area contributed by atoms with Crippen LogP contribution in [0.4, 0.5) is 8.78 Å². The molecule has 1 N–H and O–H groups in total. The van der Waals surface area contributed by atoms with E-state index < -0.39 is 12.0 Å². The molecule has 0 aliphatic carbocycles. The van der Waals surface area contributed by atoms with Gasteiger partial charge in [0.05, 0.1) is 18.1 Å². The maximum atomic E-state index is 13.7. The molecule has 0 radical (unpaired) electrons. The number of allylic oxidation sites excluding steroid dienone is 4. The van der Waals surface area contributed by atoms with Gasteiger partial charge in [0.25, 0.3) is 0 Å². The fraction of sp³-hybridized carbons (Fsp3) is 0.667. The van der Waals surface area contributed by atoms with E-state index >= 15 is 0 Å². The van der Waals surface area contributed by atoms with Crippen LogP contribution >= 0.6 is 0 Å². The van der Waals surface area contributed by atoms with E-state index in [1.54, 1.807) is 6.92 Å². The lowest BCUT2D eigenvalue weighted by Gasteiger charge is -2.11. The molecule has 0 amide bonds. The van der Waals surface area contributed by atoms with Gasteiger partial charge in [0.2, 0.25) is 0 Å². The first-order chi connectivity index (χ1) is 7.56. The molecule has 0 aliphatic rings. The SMILES string of the molecule is CCN/C(=C(F)/C=C(\CC)OCC)C(C)F. The van der Waals surface area contributed by atoms with Gasteiger partial charge in [-0.1, -0.05) is 6.92 Å². The van der Waals surface area contributed by atoms with Crippen LogP contribution in [0.25, 0.3) is 0 Å². The van der Waals surface area contributed by atoms with Crippen LogP contribution < -0.4 is 5.32 Å². The zero-order valence-electron chi connectivity index (χ0n) is 10.4. The van der Waals surface area contributed by atoms with Gasteiger partial charge in [-0.15, -0.1) is 0 Å². The predicted octanol–water partition coefficient (Wildman–Crippen LogP) is 3.47. The topological polar surface area (TPSA) is 21.3 Å². The summed E-state index contributed by atoms with van der Waals surface area (Å²) in [4.78, 5) is 0. The molecule has 16 heavy (non-hydrogen) atoms. The van der Waals surface area contributed by atoms with Gasteiger partial charge in [-0.2, -0.15) is 0 Å². The molecule has 1 atom stereocenters. The average molecular weight is 233 g/mol. The van der Waals surface area contributed by atoms with Crippen LogP contribution in [-0.4, -0.2) is 19.3 Å². The number of hydrogen-bond donors (Lipinski definition) is 1. The molecule has 0 saturated heterocycles. The van der Waals surface area contributed by atoms with Gasteiger partial charge in [-0.25, -0.2) is 8.78 Å². The number of nitrogens with one attached hydrogen (secondary N) is 1. The van der Waals surface area contributed by atoms with Crippen LogP contribution in [0.15, 0.2) is 23.4 Å². The molecule has 94 valence electrons. The molecule has 0 spiro atoms. The second-order valence-electron chi connectivity index (χ2n) is 3.31. The van der Waals surface area contributed by atoms with E-state index in [0.717, 1.165) is 0 Å². The van der Waals surface area contributed by atoms with E-state index in [2.05, 4.69) is 5.32 Å². The lowest BCUT2D eigenvalue weighted by molar-refractivity contribution is 0.220. The molecule has 0 aromatic heterocycles. The Kier molecular flexibility index (Phi) is 7.60. The zero-order chi connectivity index (χ0) is 12.6. The van der Waals surface area contributed by atoms with Gasteiger partial charge < -0.3 is 10.1 Å². The van der Waals surface area contributed by atoms with Crippen LogP contribution in [0.1, 0.15) is 34.1 Å². The highest BCUT2D eigenvalue weighted by molar-refractivity contribution is 5.23. The average Bonchev–Trinajstić information content (AvgIpc) is 2.24. The minimum Gasteiger partial charge on any atom is -0.498 e. The molecule has 0 aliphatic heterocycles. The highest BCUT2D eigenvalue weighted by Gasteiger charge is 2.12. The van der Waals surface area contributed by atoms with Crippen molar-refractivity contribution in [1.29, 1.82) is 0 Å². The summed E-state index contributed by atoms with van der Waals surface area (Å²) in [6.45, 7) is 7.75. The second-order valence-corrected chi connectivity index (χ2v) is 3.31. The van der Waals surface area contributed by atoms with Gasteiger partial charge in [0.15, 0.2) is 0 Å². The molecular weight excluding hydrogens is 212 g/mol. The normalized spacial score (nSPS) is 15.5. The fourth-order valence-electron chi connectivity index (χ4n) is 1.26. The third kappa shape index (κ3) is 5.14. The quantitative estimate of drug-likeness (QED) is 0.537. The van der Waals surface area contributed by atoms with Crippen molar-refractivity contribution in [1.82, 2.24) is 5.32 Å². The van der Waals surface area contributed by atoms with Crippen molar-refractivity contribution in [2.45, 2.75) is 40.3 Å². The molecule has 0 fully saturated rings. The van der Waals surface area contributed by atoms with Crippen molar-refractivity contribution in [2.24, 2.45) is 0 Å². The molecule has 1 unspecified atom stereocenters. The fourth-order valence-corrected chi connectivity index (χ4v) is 1.26. The number of hydrogen-bond acceptors (Lipinski definition) is 2. The molecule has 0 saturated carbocycles. The second kappa shape index (κ2) is 8.13. The summed E-state index contributed by atoms with van der Waals surface area (Å²) < 4.78 is 32.0. The van der Waals surface area contributed by atoms with Gasteiger partial charge in [0, 0.05) is 19.0 Å². The smallest absolute Gasteiger partial charge is 0.148 e. The number of alkyl halides is 1. The number of ether oxygens (including phenoxy) is 1. The Morgan fingerprint density at radius 2 is 2.00 bits per heavy atom. The van der Waals surface area contributed by atoms with Gasteiger partial charge in [0.1, 0.15) is 12.0 Å². The highest BCUT2D eigenvalue weighted by Crippen LogP contribution is 2.16. The summed E-state index contributed by atoms with van der Waals surface area (Å²) in [5.74, 6) is -0.0711. The first-order valence-electron chi connectivity index (χ1n) is 5.67. The standard InChI is InChI=1S/C12H21F2NO/c1-5-10(16-7-3)8-11(14)12(9(4)13)15-6-2/h8-9,15H,5-7H2,1-4H3/b10-8+,12-11-. The molecule has 0 aromatic carbocycles. The Morgan fingerprint density at radius 1 is 1.38 bits per heavy atom. The Bertz CT molecular complexity index is 260. The first kappa shape index (κ1) is 14.9. The lowest BCUT2D eigenvalue weighted by atomic mass is 10.2. The van der Waals surface area contributed by atoms with E-state index in [-0.39, 0.29) is 5.70 Å². The van der Waals surface area contributed by atoms with Crippen molar-refractivity contribution in [2.75, 3.05) is 13.2 Å². The van der Waals surface area contributed by atoms with Crippen molar-refractivity contribution in [3.8, 4) is 0 Å². The van der Waals surface area contributed by atoms with Crippen molar-refractivity contribution in [3.63, 3.8) is 0 Å². The summed E-state index contributed by atoms with van der Waals surface area (Å²) in [6.07, 6.45) is 0.481. The molecule has 0 aromatic rings. The van der Waals surface area contributed by atoms with E-state index in [9.17, 15) is 8.78 Å². The maximum Gasteiger partial charge on any atom is 0.148 e. The van der Waals surface area contributed by atoms with Gasteiger partial charge in [-0.3, -0.25) is 0 Å². The Morgan fingerprint density at radius 3 is 2.38 bits per heavy atom. The van der Waals surface area contributed by atoms with Crippen molar-refractivity contribution in [3.05, 3.63) is 23.4 Å². The summed E-state index contributed by atoms with van der Waals surface area (Å²) in [5.41, 5.74) is -0.0202. The van der Waals surface area contributed by atoms with E-state index in [1.807, 2.05) is 13.8 Å². The van der Waals surface area contributed by atoms with E-state index in [1.165, 1.54) is 13.0 Å². The third-order valence-electron chi connectivity index (χ3n) is 1.99. The molecule has 0 rings (SSSR count). The minimum absolute atomic E-state index is 0.0202. The number of halogens is 2. The molecule has 0 heterocycles. The predicted molar refractivity (Wildman–Crippen MR) is 62.4 cm³/mol. The van der Waals surface area contributed by atoms with Gasteiger partial charge in [-0.05, 0) is 20.8 Å². The minimum atomic E-state index is -1.35. The Hall–Kier alpha value is -1.06. The lowest BCUT2D eigenvalue weighted by Crippen LogP contribution is -2.20. The summed E-state index contributed by atoms with van der Waals surface area (Å²) >= 11 is 0. The summed E-state index contributed by atoms with van der Waals surface area (Å²) in [5, 5.41) is 2.68. The molecular formula is C12H21F2NO. The molecule has 2 nitrogen and oxygen atoms in total. The van der Waals surface area contributed by atoms with Crippen LogP contribution in [0.5, 0.6) is 0 Å². The van der Waals surface area contributed by atoms with Crippen LogP contribution in [0.3, 0.4) is 0 Å². The Labute approximate surface area is 96.4 Å². The third-order valence-corrected chi connectivity index (χ3v) is 1.99. The van der Waals surface area contributed by atoms with Crippen molar-refractivity contribution < 1.29 is 13.5 Å². The molecule has 4 heteroatoms. The van der Waals surface area contributed by atoms with Crippen LogP contribution in [0.2, 0.25) is 0 Å². The summed E-state index contributed by atoms with van der Waals surface area (Å²) in [7, 11) is 0. The summed E-state index contributed by atoms with van der Waals surface area (Å²) in [6, 6.07) is 0.